The van der Waals surface area contributed by atoms with E-state index in [1.807, 2.05) is 0 Å². The molecule has 0 aliphatic carbocycles. The van der Waals surface area contributed by atoms with Crippen LogP contribution in [0.2, 0.25) is 5.15 Å². The summed E-state index contributed by atoms with van der Waals surface area (Å²) >= 11 is 5.65. The van der Waals surface area contributed by atoms with Gasteiger partial charge in [0.1, 0.15) is 0 Å². The van der Waals surface area contributed by atoms with Gasteiger partial charge in [0.15, 0.2) is 11.0 Å². The zero-order valence-electron chi connectivity index (χ0n) is 8.20. The quantitative estimate of drug-likeness (QED) is 0.801. The molecule has 0 aliphatic heterocycles. The van der Waals surface area contributed by atoms with Crippen LogP contribution in [0, 0.1) is 0 Å². The summed E-state index contributed by atoms with van der Waals surface area (Å²) in [5.74, 6) is 0.219. The number of halogens is 1. The fourth-order valence-corrected chi connectivity index (χ4v) is 1.07. The van der Waals surface area contributed by atoms with Gasteiger partial charge in [-0.15, -0.1) is 10.2 Å². The normalized spacial score (nSPS) is 10.5. The Morgan fingerprint density at radius 3 is 3.07 bits per heavy atom. The van der Waals surface area contributed by atoms with Gasteiger partial charge in [-0.3, -0.25) is 4.79 Å². The molecule has 0 saturated heterocycles. The number of carbonyl (C=O) groups is 1. The molecule has 80 valence electrons. The minimum atomic E-state index is -0.0847. The molecular weight excluding hydrogens is 216 g/mol. The number of hydrogen-bond acceptors (Lipinski definition) is 4. The van der Waals surface area contributed by atoms with E-state index < -0.39 is 0 Å². The number of nitrogens with one attached hydrogen (secondary N) is 1. The van der Waals surface area contributed by atoms with Crippen LogP contribution in [-0.2, 0) is 4.79 Å². The molecule has 0 saturated carbocycles. The highest BCUT2D eigenvalue weighted by atomic mass is 35.5. The summed E-state index contributed by atoms with van der Waals surface area (Å²) in [5, 5.41) is 10.1. The molecule has 0 bridgehead atoms. The van der Waals surface area contributed by atoms with Gasteiger partial charge < -0.3 is 11.1 Å². The van der Waals surface area contributed by atoms with Crippen LogP contribution in [0.1, 0.15) is 12.5 Å². The molecule has 0 spiro atoms. The molecule has 1 amide bonds. The third-order valence-corrected chi connectivity index (χ3v) is 1.77. The second-order valence-corrected chi connectivity index (χ2v) is 3.23. The van der Waals surface area contributed by atoms with Crippen molar-refractivity contribution < 1.29 is 4.79 Å². The van der Waals surface area contributed by atoms with Crippen molar-refractivity contribution in [2.45, 2.75) is 6.92 Å². The lowest BCUT2D eigenvalue weighted by Crippen LogP contribution is -2.19. The number of anilines is 1. The van der Waals surface area contributed by atoms with Crippen LogP contribution in [0.4, 0.5) is 5.82 Å². The van der Waals surface area contributed by atoms with Crippen molar-refractivity contribution in [3.63, 3.8) is 0 Å². The van der Waals surface area contributed by atoms with Gasteiger partial charge in [0.05, 0.1) is 0 Å². The van der Waals surface area contributed by atoms with Crippen LogP contribution < -0.4 is 11.1 Å². The zero-order chi connectivity index (χ0) is 11.3. The minimum absolute atomic E-state index is 0.0847. The van der Waals surface area contributed by atoms with E-state index in [0.717, 1.165) is 0 Å². The first-order valence-electron chi connectivity index (χ1n) is 4.29. The molecule has 0 radical (unpaired) electrons. The van der Waals surface area contributed by atoms with Crippen LogP contribution in [0.25, 0.3) is 6.08 Å². The Morgan fingerprint density at radius 1 is 1.67 bits per heavy atom. The highest BCUT2D eigenvalue weighted by Crippen LogP contribution is 2.13. The van der Waals surface area contributed by atoms with Gasteiger partial charge >= 0.3 is 0 Å². The molecule has 3 N–H and O–H groups in total. The molecule has 1 aromatic heterocycles. The second-order valence-electron chi connectivity index (χ2n) is 2.85. The van der Waals surface area contributed by atoms with Crippen LogP contribution >= 0.6 is 11.6 Å². The first-order chi connectivity index (χ1) is 7.09. The first-order valence-corrected chi connectivity index (χ1v) is 4.67. The van der Waals surface area contributed by atoms with E-state index in [0.29, 0.717) is 17.9 Å². The van der Waals surface area contributed by atoms with Gasteiger partial charge in [-0.1, -0.05) is 23.8 Å². The Labute approximate surface area is 92.3 Å². The van der Waals surface area contributed by atoms with Crippen LogP contribution in [0.5, 0.6) is 0 Å². The molecular formula is C9H11ClN4O. The van der Waals surface area contributed by atoms with Gasteiger partial charge in [0.2, 0.25) is 5.91 Å². The number of nitrogens with two attached hydrogens (primary N) is 1. The summed E-state index contributed by atoms with van der Waals surface area (Å²) in [4.78, 5) is 10.6. The highest BCUT2D eigenvalue weighted by Gasteiger charge is 1.98. The molecule has 1 aromatic rings. The molecule has 6 heteroatoms. The Morgan fingerprint density at radius 2 is 2.40 bits per heavy atom. The SMILES string of the molecule is CC(=O)NCC=Cc1cc(Cl)nnc1N. The summed E-state index contributed by atoms with van der Waals surface area (Å²) in [6.45, 7) is 1.89. The van der Waals surface area contributed by atoms with Crippen molar-refractivity contribution in [3.05, 3.63) is 22.9 Å². The van der Waals surface area contributed by atoms with Gasteiger partial charge in [-0.2, -0.15) is 0 Å². The maximum Gasteiger partial charge on any atom is 0.217 e. The Balaban J connectivity index is 2.63. The summed E-state index contributed by atoms with van der Waals surface area (Å²) < 4.78 is 0. The van der Waals surface area contributed by atoms with E-state index in [9.17, 15) is 4.79 Å². The number of rotatable bonds is 3. The van der Waals surface area contributed by atoms with E-state index in [4.69, 9.17) is 17.3 Å². The highest BCUT2D eigenvalue weighted by molar-refractivity contribution is 6.29. The van der Waals surface area contributed by atoms with Crippen LogP contribution in [0.3, 0.4) is 0 Å². The van der Waals surface area contributed by atoms with Gasteiger partial charge in [-0.05, 0) is 6.07 Å². The van der Waals surface area contributed by atoms with Gasteiger partial charge in [-0.25, -0.2) is 0 Å². The van der Waals surface area contributed by atoms with Crippen molar-refractivity contribution in [3.8, 4) is 0 Å². The third kappa shape index (κ3) is 3.95. The van der Waals surface area contributed by atoms with Crippen molar-refractivity contribution in [2.75, 3.05) is 12.3 Å². The first kappa shape index (κ1) is 11.5. The van der Waals surface area contributed by atoms with E-state index in [1.165, 1.54) is 6.92 Å². The number of carbonyl (C=O) groups excluding carboxylic acids is 1. The van der Waals surface area contributed by atoms with Crippen molar-refractivity contribution in [1.82, 2.24) is 15.5 Å². The summed E-state index contributed by atoms with van der Waals surface area (Å²) in [6, 6.07) is 1.61. The molecule has 0 unspecified atom stereocenters. The maximum absolute atomic E-state index is 10.6. The van der Waals surface area contributed by atoms with E-state index in [2.05, 4.69) is 15.5 Å². The number of hydrogen-bond donors (Lipinski definition) is 2. The van der Waals surface area contributed by atoms with Gasteiger partial charge in [0.25, 0.3) is 0 Å². The number of aromatic nitrogens is 2. The van der Waals surface area contributed by atoms with Crippen LogP contribution in [-0.4, -0.2) is 22.6 Å². The predicted octanol–water partition coefficient (Wildman–Crippen LogP) is 0.862. The average molecular weight is 227 g/mol. The van der Waals surface area contributed by atoms with E-state index in [1.54, 1.807) is 18.2 Å². The topological polar surface area (TPSA) is 80.9 Å². The fourth-order valence-electron chi connectivity index (χ4n) is 0.913. The molecule has 0 atom stereocenters. The molecule has 0 aromatic carbocycles. The summed E-state index contributed by atoms with van der Waals surface area (Å²) in [5.41, 5.74) is 6.24. The standard InChI is InChI=1S/C9H11ClN4O/c1-6(15)12-4-2-3-7-5-8(10)13-14-9(7)11/h2-3,5H,4H2,1H3,(H2,11,14)(H,12,15). The Hall–Kier alpha value is -1.62. The lowest BCUT2D eigenvalue weighted by Gasteiger charge is -1.98. The summed E-state index contributed by atoms with van der Waals surface area (Å²) in [6.07, 6.45) is 3.48. The lowest BCUT2D eigenvalue weighted by atomic mass is 10.2. The predicted molar refractivity (Wildman–Crippen MR) is 59.2 cm³/mol. The molecule has 5 nitrogen and oxygen atoms in total. The minimum Gasteiger partial charge on any atom is -0.382 e. The smallest absolute Gasteiger partial charge is 0.217 e. The second kappa shape index (κ2) is 5.31. The number of amides is 1. The average Bonchev–Trinajstić information content (AvgIpc) is 2.17. The fraction of sp³-hybridized carbons (Fsp3) is 0.222. The molecule has 0 fully saturated rings. The third-order valence-electron chi connectivity index (χ3n) is 1.59. The van der Waals surface area contributed by atoms with E-state index in [-0.39, 0.29) is 11.1 Å². The van der Waals surface area contributed by atoms with Crippen molar-refractivity contribution in [1.29, 1.82) is 0 Å². The monoisotopic (exact) mass is 226 g/mol. The maximum atomic E-state index is 10.6. The summed E-state index contributed by atoms with van der Waals surface area (Å²) in [7, 11) is 0. The Bertz CT molecular complexity index is 392. The van der Waals surface area contributed by atoms with Gasteiger partial charge in [0, 0.05) is 19.0 Å². The largest absolute Gasteiger partial charge is 0.382 e. The van der Waals surface area contributed by atoms with Crippen molar-refractivity contribution in [2.24, 2.45) is 0 Å². The zero-order valence-corrected chi connectivity index (χ0v) is 8.95. The number of nitrogens with zero attached hydrogens (tertiary/aromatic N) is 2. The molecule has 15 heavy (non-hydrogen) atoms. The number of nitrogen functional groups attached to an aromatic ring is 1. The van der Waals surface area contributed by atoms with Crippen molar-refractivity contribution >= 4 is 29.4 Å². The van der Waals surface area contributed by atoms with E-state index >= 15 is 0 Å². The van der Waals surface area contributed by atoms with Crippen LogP contribution in [0.15, 0.2) is 12.1 Å². The Kier molecular flexibility index (Phi) is 4.05. The molecule has 1 heterocycles. The molecule has 0 aliphatic rings. The molecule has 1 rings (SSSR count). The lowest BCUT2D eigenvalue weighted by molar-refractivity contribution is -0.118.